The van der Waals surface area contributed by atoms with Crippen LogP contribution in [0.3, 0.4) is 0 Å². The molecule has 1 fully saturated rings. The van der Waals surface area contributed by atoms with Gasteiger partial charge >= 0.3 is 0 Å². The molecule has 28 heavy (non-hydrogen) atoms. The molecule has 0 bridgehead atoms. The van der Waals surface area contributed by atoms with E-state index >= 15 is 0 Å². The lowest BCUT2D eigenvalue weighted by molar-refractivity contribution is 0.122. The number of anilines is 1. The SMILES string of the molecule is Cc1nc2c(O)cc(N3CCOCC3)cc2n1Cc1cccc2ccccc12. The molecule has 1 aromatic heterocycles. The monoisotopic (exact) mass is 373 g/mol. The molecule has 3 aromatic carbocycles. The van der Waals surface area contributed by atoms with E-state index in [4.69, 9.17) is 4.74 Å². The van der Waals surface area contributed by atoms with Gasteiger partial charge in [-0.15, -0.1) is 0 Å². The average molecular weight is 373 g/mol. The second kappa shape index (κ2) is 6.84. The fourth-order valence-corrected chi connectivity index (χ4v) is 4.11. The zero-order chi connectivity index (χ0) is 19.1. The summed E-state index contributed by atoms with van der Waals surface area (Å²) in [6, 6.07) is 18.8. The summed E-state index contributed by atoms with van der Waals surface area (Å²) in [5.74, 6) is 1.14. The number of hydrogen-bond donors (Lipinski definition) is 1. The molecular formula is C23H23N3O2. The van der Waals surface area contributed by atoms with Crippen molar-refractivity contribution in [2.24, 2.45) is 0 Å². The first-order chi connectivity index (χ1) is 13.7. The Bertz CT molecular complexity index is 1150. The van der Waals surface area contributed by atoms with E-state index in [2.05, 4.69) is 63.0 Å². The first-order valence-electron chi connectivity index (χ1n) is 9.70. The van der Waals surface area contributed by atoms with E-state index in [0.717, 1.165) is 36.7 Å². The number of fused-ring (bicyclic) bond motifs is 2. The molecule has 2 heterocycles. The van der Waals surface area contributed by atoms with Crippen LogP contribution in [0.15, 0.2) is 54.6 Å². The number of phenols is 1. The van der Waals surface area contributed by atoms with Crippen LogP contribution >= 0.6 is 0 Å². The van der Waals surface area contributed by atoms with Crippen molar-refractivity contribution in [3.63, 3.8) is 0 Å². The van der Waals surface area contributed by atoms with E-state index in [1.54, 1.807) is 0 Å². The summed E-state index contributed by atoms with van der Waals surface area (Å²) in [5.41, 5.74) is 3.89. The number of benzene rings is 3. The van der Waals surface area contributed by atoms with E-state index in [9.17, 15) is 5.11 Å². The number of imidazole rings is 1. The van der Waals surface area contributed by atoms with Crippen molar-refractivity contribution < 1.29 is 9.84 Å². The summed E-state index contributed by atoms with van der Waals surface area (Å²) in [6.07, 6.45) is 0. The number of rotatable bonds is 3. The maximum absolute atomic E-state index is 10.6. The topological polar surface area (TPSA) is 50.5 Å². The Kier molecular flexibility index (Phi) is 4.17. The highest BCUT2D eigenvalue weighted by Crippen LogP contribution is 2.32. The lowest BCUT2D eigenvalue weighted by Crippen LogP contribution is -2.36. The van der Waals surface area contributed by atoms with E-state index in [-0.39, 0.29) is 5.75 Å². The number of nitrogens with zero attached hydrogens (tertiary/aromatic N) is 3. The van der Waals surface area contributed by atoms with Crippen LogP contribution < -0.4 is 4.90 Å². The molecular weight excluding hydrogens is 350 g/mol. The highest BCUT2D eigenvalue weighted by atomic mass is 16.5. The van der Waals surface area contributed by atoms with Gasteiger partial charge in [-0.1, -0.05) is 42.5 Å². The van der Waals surface area contributed by atoms with Gasteiger partial charge in [0, 0.05) is 31.4 Å². The molecule has 1 saturated heterocycles. The molecule has 1 aliphatic heterocycles. The number of aromatic hydroxyl groups is 1. The number of phenolic OH excluding ortho intramolecular Hbond substituents is 1. The minimum Gasteiger partial charge on any atom is -0.506 e. The van der Waals surface area contributed by atoms with Gasteiger partial charge in [-0.05, 0) is 29.3 Å². The predicted octanol–water partition coefficient (Wildman–Crippen LogP) is 4.09. The summed E-state index contributed by atoms with van der Waals surface area (Å²) in [6.45, 7) is 5.82. The number of aryl methyl sites for hydroxylation is 1. The number of morpholine rings is 1. The molecule has 1 aliphatic rings. The van der Waals surface area contributed by atoms with E-state index < -0.39 is 0 Å². The van der Waals surface area contributed by atoms with Gasteiger partial charge in [0.2, 0.25) is 0 Å². The molecule has 4 aromatic rings. The fourth-order valence-electron chi connectivity index (χ4n) is 4.11. The Morgan fingerprint density at radius 1 is 1.04 bits per heavy atom. The van der Waals surface area contributed by atoms with Gasteiger partial charge in [-0.3, -0.25) is 0 Å². The minimum atomic E-state index is 0.235. The van der Waals surface area contributed by atoms with Crippen LogP contribution in [-0.4, -0.2) is 41.0 Å². The second-order valence-corrected chi connectivity index (χ2v) is 7.32. The van der Waals surface area contributed by atoms with Gasteiger partial charge in [0.25, 0.3) is 0 Å². The molecule has 1 N–H and O–H groups in total. The normalized spacial score (nSPS) is 14.8. The lowest BCUT2D eigenvalue weighted by Gasteiger charge is -2.29. The number of aromatic nitrogens is 2. The Morgan fingerprint density at radius 2 is 1.82 bits per heavy atom. The largest absolute Gasteiger partial charge is 0.506 e. The molecule has 5 heteroatoms. The van der Waals surface area contributed by atoms with Gasteiger partial charge in [0.1, 0.15) is 17.1 Å². The predicted molar refractivity (Wildman–Crippen MR) is 112 cm³/mol. The average Bonchev–Trinajstić information content (AvgIpc) is 3.05. The van der Waals surface area contributed by atoms with Crippen LogP contribution in [0.5, 0.6) is 5.75 Å². The van der Waals surface area contributed by atoms with Crippen LogP contribution in [0.2, 0.25) is 0 Å². The molecule has 0 saturated carbocycles. The molecule has 0 radical (unpaired) electrons. The van der Waals surface area contributed by atoms with Crippen LogP contribution in [-0.2, 0) is 11.3 Å². The van der Waals surface area contributed by atoms with Gasteiger partial charge in [-0.25, -0.2) is 4.98 Å². The Balaban J connectivity index is 1.62. The summed E-state index contributed by atoms with van der Waals surface area (Å²) < 4.78 is 7.66. The third-order valence-corrected chi connectivity index (χ3v) is 5.59. The Morgan fingerprint density at radius 3 is 2.68 bits per heavy atom. The third kappa shape index (κ3) is 2.88. The first-order valence-corrected chi connectivity index (χ1v) is 9.70. The van der Waals surface area contributed by atoms with Crippen molar-refractivity contribution in [3.05, 3.63) is 66.0 Å². The van der Waals surface area contributed by atoms with Crippen LogP contribution in [0.1, 0.15) is 11.4 Å². The Labute approximate surface area is 163 Å². The molecule has 0 unspecified atom stereocenters. The Hall–Kier alpha value is -3.05. The highest BCUT2D eigenvalue weighted by Gasteiger charge is 2.18. The van der Waals surface area contributed by atoms with Crippen molar-refractivity contribution in [3.8, 4) is 5.75 Å². The number of hydrogen-bond acceptors (Lipinski definition) is 4. The van der Waals surface area contributed by atoms with Gasteiger partial charge in [0.15, 0.2) is 0 Å². The van der Waals surface area contributed by atoms with E-state index in [1.807, 2.05) is 13.0 Å². The maximum atomic E-state index is 10.6. The molecule has 0 aliphatic carbocycles. The summed E-state index contributed by atoms with van der Waals surface area (Å²) in [5, 5.41) is 13.1. The smallest absolute Gasteiger partial charge is 0.145 e. The summed E-state index contributed by atoms with van der Waals surface area (Å²) in [4.78, 5) is 6.90. The highest BCUT2D eigenvalue weighted by molar-refractivity contribution is 5.88. The van der Waals surface area contributed by atoms with Crippen molar-refractivity contribution in [1.29, 1.82) is 0 Å². The zero-order valence-corrected chi connectivity index (χ0v) is 15.9. The maximum Gasteiger partial charge on any atom is 0.145 e. The van der Waals surface area contributed by atoms with Crippen molar-refractivity contribution in [2.45, 2.75) is 13.5 Å². The second-order valence-electron chi connectivity index (χ2n) is 7.32. The van der Waals surface area contributed by atoms with Gasteiger partial charge in [0.05, 0.1) is 18.7 Å². The standard InChI is InChI=1S/C23H23N3O2/c1-16-24-23-21(13-19(14-22(23)27)25-9-11-28-12-10-25)26(16)15-18-7-4-6-17-5-2-3-8-20(17)18/h2-8,13-14,27H,9-12,15H2,1H3. The third-order valence-electron chi connectivity index (χ3n) is 5.59. The van der Waals surface area contributed by atoms with E-state index in [0.29, 0.717) is 18.7 Å². The van der Waals surface area contributed by atoms with Crippen molar-refractivity contribution in [2.75, 3.05) is 31.2 Å². The van der Waals surface area contributed by atoms with E-state index in [1.165, 1.54) is 16.3 Å². The number of ether oxygens (including phenoxy) is 1. The molecule has 142 valence electrons. The van der Waals surface area contributed by atoms with Gasteiger partial charge < -0.3 is 19.3 Å². The fraction of sp³-hybridized carbons (Fsp3) is 0.261. The lowest BCUT2D eigenvalue weighted by atomic mass is 10.0. The molecule has 5 rings (SSSR count). The minimum absolute atomic E-state index is 0.235. The zero-order valence-electron chi connectivity index (χ0n) is 15.9. The molecule has 0 atom stereocenters. The first kappa shape index (κ1) is 17.1. The summed E-state index contributed by atoms with van der Waals surface area (Å²) in [7, 11) is 0. The van der Waals surface area contributed by atoms with Crippen molar-refractivity contribution in [1.82, 2.24) is 9.55 Å². The van der Waals surface area contributed by atoms with Crippen LogP contribution in [0, 0.1) is 6.92 Å². The van der Waals surface area contributed by atoms with Crippen LogP contribution in [0.4, 0.5) is 5.69 Å². The molecule has 5 nitrogen and oxygen atoms in total. The van der Waals surface area contributed by atoms with Crippen LogP contribution in [0.25, 0.3) is 21.8 Å². The molecule has 0 amide bonds. The van der Waals surface area contributed by atoms with Gasteiger partial charge in [-0.2, -0.15) is 0 Å². The molecule has 0 spiro atoms. The quantitative estimate of drug-likeness (QED) is 0.588. The van der Waals surface area contributed by atoms with Crippen molar-refractivity contribution >= 4 is 27.5 Å². The summed E-state index contributed by atoms with van der Waals surface area (Å²) >= 11 is 0.